The maximum atomic E-state index is 8.59. The van der Waals surface area contributed by atoms with Gasteiger partial charge in [-0.15, -0.1) is 0 Å². The standard InChI is InChI=1S/C11H8ClN3O/c12-10-3-4-14-7-11(10)15-6-9-2-1-8(5-13)16-9/h1-4,7,15H,6H2. The molecule has 0 bridgehead atoms. The van der Waals surface area contributed by atoms with Crippen LogP contribution >= 0.6 is 11.6 Å². The number of nitrogens with zero attached hydrogens (tertiary/aromatic N) is 2. The summed E-state index contributed by atoms with van der Waals surface area (Å²) in [5.41, 5.74) is 0.735. The first-order valence-corrected chi connectivity index (χ1v) is 4.99. The highest BCUT2D eigenvalue weighted by atomic mass is 35.5. The van der Waals surface area contributed by atoms with E-state index in [-0.39, 0.29) is 0 Å². The number of nitriles is 1. The Balaban J connectivity index is 2.03. The lowest BCUT2D eigenvalue weighted by molar-refractivity contribution is 0.506. The number of anilines is 1. The number of pyridine rings is 1. The Labute approximate surface area is 97.5 Å². The van der Waals surface area contributed by atoms with Crippen LogP contribution in [0.15, 0.2) is 35.0 Å². The summed E-state index contributed by atoms with van der Waals surface area (Å²) in [5.74, 6) is 0.977. The number of aromatic nitrogens is 1. The molecule has 0 aliphatic heterocycles. The number of furan rings is 1. The third kappa shape index (κ3) is 2.33. The summed E-state index contributed by atoms with van der Waals surface area (Å²) in [4.78, 5) is 3.95. The van der Waals surface area contributed by atoms with E-state index in [4.69, 9.17) is 21.3 Å². The summed E-state index contributed by atoms with van der Waals surface area (Å²) in [6, 6.07) is 7.00. The van der Waals surface area contributed by atoms with Crippen molar-refractivity contribution < 1.29 is 4.42 Å². The van der Waals surface area contributed by atoms with Crippen LogP contribution in [0, 0.1) is 11.3 Å². The molecule has 2 heterocycles. The zero-order valence-electron chi connectivity index (χ0n) is 8.27. The fourth-order valence-electron chi connectivity index (χ4n) is 1.22. The number of halogens is 1. The van der Waals surface area contributed by atoms with Gasteiger partial charge in [0.1, 0.15) is 11.8 Å². The second-order valence-corrected chi connectivity index (χ2v) is 3.49. The van der Waals surface area contributed by atoms with Crippen LogP contribution in [0.3, 0.4) is 0 Å². The lowest BCUT2D eigenvalue weighted by atomic mass is 10.4. The summed E-state index contributed by atoms with van der Waals surface area (Å²) >= 11 is 5.94. The normalized spacial score (nSPS) is 9.75. The largest absolute Gasteiger partial charge is 0.449 e. The molecule has 2 rings (SSSR count). The molecule has 16 heavy (non-hydrogen) atoms. The van der Waals surface area contributed by atoms with Crippen molar-refractivity contribution in [1.82, 2.24) is 4.98 Å². The van der Waals surface area contributed by atoms with Crippen molar-refractivity contribution in [2.75, 3.05) is 5.32 Å². The van der Waals surface area contributed by atoms with Crippen LogP contribution in [0.1, 0.15) is 11.5 Å². The van der Waals surface area contributed by atoms with Gasteiger partial charge in [-0.05, 0) is 18.2 Å². The molecule has 5 heteroatoms. The molecular formula is C11H8ClN3O. The van der Waals surface area contributed by atoms with Crippen LogP contribution in [0.4, 0.5) is 5.69 Å². The molecule has 0 aromatic carbocycles. The Morgan fingerprint density at radius 3 is 3.00 bits per heavy atom. The second-order valence-electron chi connectivity index (χ2n) is 3.09. The van der Waals surface area contributed by atoms with Gasteiger partial charge in [-0.3, -0.25) is 4.98 Å². The Morgan fingerprint density at radius 1 is 1.44 bits per heavy atom. The minimum absolute atomic E-state index is 0.300. The Morgan fingerprint density at radius 2 is 2.31 bits per heavy atom. The molecule has 0 saturated heterocycles. The first-order valence-electron chi connectivity index (χ1n) is 4.62. The molecule has 0 spiro atoms. The third-order valence-corrected chi connectivity index (χ3v) is 2.32. The number of hydrogen-bond acceptors (Lipinski definition) is 4. The van der Waals surface area contributed by atoms with Gasteiger partial charge < -0.3 is 9.73 Å². The Hall–Kier alpha value is -1.99. The van der Waals surface area contributed by atoms with Gasteiger partial charge in [-0.2, -0.15) is 5.26 Å². The van der Waals surface area contributed by atoms with Gasteiger partial charge in [0.25, 0.3) is 0 Å². The topological polar surface area (TPSA) is 61.9 Å². The molecule has 2 aromatic heterocycles. The van der Waals surface area contributed by atoms with Crippen molar-refractivity contribution in [2.45, 2.75) is 6.54 Å². The molecule has 0 amide bonds. The maximum absolute atomic E-state index is 8.59. The summed E-state index contributed by atoms with van der Waals surface area (Å²) in [7, 11) is 0. The van der Waals surface area contributed by atoms with Gasteiger partial charge >= 0.3 is 0 Å². The minimum atomic E-state index is 0.300. The van der Waals surface area contributed by atoms with Crippen LogP contribution < -0.4 is 5.32 Å². The van der Waals surface area contributed by atoms with E-state index in [1.807, 2.05) is 6.07 Å². The number of nitrogens with one attached hydrogen (secondary N) is 1. The smallest absolute Gasteiger partial charge is 0.203 e. The molecule has 0 atom stereocenters. The molecule has 4 nitrogen and oxygen atoms in total. The van der Waals surface area contributed by atoms with Crippen molar-refractivity contribution in [3.8, 4) is 6.07 Å². The Kier molecular flexibility index (Phi) is 3.08. The van der Waals surface area contributed by atoms with E-state index in [1.165, 1.54) is 0 Å². The molecule has 0 unspecified atom stereocenters. The fourth-order valence-corrected chi connectivity index (χ4v) is 1.39. The molecule has 2 aromatic rings. The van der Waals surface area contributed by atoms with E-state index in [9.17, 15) is 0 Å². The first kappa shape index (κ1) is 10.5. The van der Waals surface area contributed by atoms with Crippen LogP contribution in [0.5, 0.6) is 0 Å². The molecule has 0 radical (unpaired) electrons. The van der Waals surface area contributed by atoms with Gasteiger partial charge in [-0.1, -0.05) is 11.6 Å². The Bertz CT molecular complexity index is 530. The van der Waals surface area contributed by atoms with Crippen LogP contribution in [0.25, 0.3) is 0 Å². The quantitative estimate of drug-likeness (QED) is 0.886. The monoisotopic (exact) mass is 233 g/mol. The second kappa shape index (κ2) is 4.69. The predicted molar refractivity (Wildman–Crippen MR) is 60.0 cm³/mol. The van der Waals surface area contributed by atoms with Crippen molar-refractivity contribution in [3.05, 3.63) is 47.1 Å². The molecule has 0 aliphatic rings. The lowest BCUT2D eigenvalue weighted by Gasteiger charge is -2.04. The zero-order chi connectivity index (χ0) is 11.4. The van der Waals surface area contributed by atoms with Gasteiger partial charge in [0.2, 0.25) is 5.76 Å². The summed E-state index contributed by atoms with van der Waals surface area (Å²) in [6.45, 7) is 0.465. The van der Waals surface area contributed by atoms with Gasteiger partial charge in [0.15, 0.2) is 0 Å². The van der Waals surface area contributed by atoms with Crippen molar-refractivity contribution in [1.29, 1.82) is 5.26 Å². The first-order chi connectivity index (χ1) is 7.79. The summed E-state index contributed by atoms with van der Waals surface area (Å²) in [6.07, 6.45) is 3.25. The van der Waals surface area contributed by atoms with E-state index in [0.717, 1.165) is 5.69 Å². The van der Waals surface area contributed by atoms with E-state index in [2.05, 4.69) is 10.3 Å². The molecule has 0 saturated carbocycles. The fraction of sp³-hybridized carbons (Fsp3) is 0.0909. The van der Waals surface area contributed by atoms with Gasteiger partial charge in [-0.25, -0.2) is 0 Å². The van der Waals surface area contributed by atoms with E-state index in [0.29, 0.717) is 23.1 Å². The van der Waals surface area contributed by atoms with Crippen LogP contribution in [0.2, 0.25) is 5.02 Å². The molecular weight excluding hydrogens is 226 g/mol. The predicted octanol–water partition coefficient (Wildman–Crippen LogP) is 2.81. The summed E-state index contributed by atoms with van der Waals surface area (Å²) in [5, 5.41) is 12.3. The summed E-state index contributed by atoms with van der Waals surface area (Å²) < 4.78 is 5.21. The van der Waals surface area contributed by atoms with E-state index < -0.39 is 0 Å². The average molecular weight is 234 g/mol. The lowest BCUT2D eigenvalue weighted by Crippen LogP contribution is -1.98. The highest BCUT2D eigenvalue weighted by Gasteiger charge is 2.02. The molecule has 0 fully saturated rings. The van der Waals surface area contributed by atoms with Crippen molar-refractivity contribution >= 4 is 17.3 Å². The van der Waals surface area contributed by atoms with Crippen LogP contribution in [-0.2, 0) is 6.54 Å². The van der Waals surface area contributed by atoms with E-state index in [1.54, 1.807) is 30.6 Å². The highest BCUT2D eigenvalue weighted by molar-refractivity contribution is 6.33. The van der Waals surface area contributed by atoms with Gasteiger partial charge in [0.05, 0.1) is 23.5 Å². The maximum Gasteiger partial charge on any atom is 0.203 e. The highest BCUT2D eigenvalue weighted by Crippen LogP contribution is 2.20. The third-order valence-electron chi connectivity index (χ3n) is 1.99. The SMILES string of the molecule is N#Cc1ccc(CNc2cnccc2Cl)o1. The van der Waals surface area contributed by atoms with Crippen molar-refractivity contribution in [3.63, 3.8) is 0 Å². The average Bonchev–Trinajstić information content (AvgIpc) is 2.76. The van der Waals surface area contributed by atoms with Crippen molar-refractivity contribution in [2.24, 2.45) is 0 Å². The molecule has 80 valence electrons. The van der Waals surface area contributed by atoms with Gasteiger partial charge in [0, 0.05) is 6.20 Å². The zero-order valence-corrected chi connectivity index (χ0v) is 9.03. The number of rotatable bonds is 3. The minimum Gasteiger partial charge on any atom is -0.449 e. The number of hydrogen-bond donors (Lipinski definition) is 1. The molecule has 0 aliphatic carbocycles. The van der Waals surface area contributed by atoms with Crippen LogP contribution in [-0.4, -0.2) is 4.98 Å². The van der Waals surface area contributed by atoms with E-state index >= 15 is 0 Å². The molecule has 1 N–H and O–H groups in total.